The van der Waals surface area contributed by atoms with E-state index in [9.17, 15) is 4.79 Å². The minimum atomic E-state index is -0.264. The molecule has 0 aliphatic heterocycles. The van der Waals surface area contributed by atoms with Crippen LogP contribution in [0.3, 0.4) is 0 Å². The van der Waals surface area contributed by atoms with E-state index < -0.39 is 0 Å². The van der Waals surface area contributed by atoms with E-state index >= 15 is 0 Å². The Bertz CT molecular complexity index is 944. The number of thiocarbonyl (C=S) groups is 1. The molecule has 0 radical (unpaired) electrons. The molecule has 0 atom stereocenters. The lowest BCUT2D eigenvalue weighted by Crippen LogP contribution is -2.45. The van der Waals surface area contributed by atoms with Crippen molar-refractivity contribution < 1.29 is 9.53 Å². The molecule has 0 spiro atoms. The molecular formula is C22H21N3O2S. The Balaban J connectivity index is 1.63. The number of hydrazine groups is 1. The van der Waals surface area contributed by atoms with Crippen LogP contribution in [-0.4, -0.2) is 18.1 Å². The average molecular weight is 391 g/mol. The van der Waals surface area contributed by atoms with Gasteiger partial charge in [0.2, 0.25) is 0 Å². The van der Waals surface area contributed by atoms with Crippen molar-refractivity contribution in [1.29, 1.82) is 0 Å². The van der Waals surface area contributed by atoms with E-state index in [1.807, 2.05) is 54.6 Å². The smallest absolute Gasteiger partial charge is 0.269 e. The zero-order valence-electron chi connectivity index (χ0n) is 15.4. The van der Waals surface area contributed by atoms with Crippen molar-refractivity contribution in [1.82, 2.24) is 16.2 Å². The van der Waals surface area contributed by atoms with Crippen LogP contribution in [0.5, 0.6) is 5.75 Å². The molecule has 0 saturated carbocycles. The van der Waals surface area contributed by atoms with Crippen molar-refractivity contribution in [2.75, 3.05) is 7.05 Å². The first kappa shape index (κ1) is 19.4. The normalized spacial score (nSPS) is 10.0. The van der Waals surface area contributed by atoms with Crippen molar-refractivity contribution >= 4 is 23.2 Å². The Morgan fingerprint density at radius 2 is 1.57 bits per heavy atom. The number of nitrogens with one attached hydrogen (secondary N) is 3. The van der Waals surface area contributed by atoms with Crippen molar-refractivity contribution in [3.63, 3.8) is 0 Å². The second-order valence-electron chi connectivity index (χ2n) is 6.01. The monoisotopic (exact) mass is 391 g/mol. The Labute approximate surface area is 169 Å². The van der Waals surface area contributed by atoms with Gasteiger partial charge in [-0.2, -0.15) is 0 Å². The maximum absolute atomic E-state index is 12.1. The zero-order chi connectivity index (χ0) is 19.8. The first-order chi connectivity index (χ1) is 13.7. The largest absolute Gasteiger partial charge is 0.488 e. The Morgan fingerprint density at radius 3 is 2.29 bits per heavy atom. The molecule has 0 heterocycles. The molecule has 142 valence electrons. The van der Waals surface area contributed by atoms with E-state index in [0.717, 1.165) is 22.4 Å². The number of para-hydroxylation sites is 1. The van der Waals surface area contributed by atoms with Crippen molar-refractivity contribution in [3.8, 4) is 16.9 Å². The molecule has 3 aromatic carbocycles. The van der Waals surface area contributed by atoms with Crippen molar-refractivity contribution in [2.45, 2.75) is 6.61 Å². The van der Waals surface area contributed by atoms with Gasteiger partial charge in [0.15, 0.2) is 5.11 Å². The number of amides is 1. The van der Waals surface area contributed by atoms with Gasteiger partial charge in [0.1, 0.15) is 12.4 Å². The molecule has 0 unspecified atom stereocenters. The second-order valence-corrected chi connectivity index (χ2v) is 6.41. The molecule has 0 saturated heterocycles. The number of carbonyl (C=O) groups excluding carboxylic acids is 1. The first-order valence-electron chi connectivity index (χ1n) is 8.81. The predicted octanol–water partition coefficient (Wildman–Crippen LogP) is 3.67. The molecule has 0 fully saturated rings. The van der Waals surface area contributed by atoms with Crippen molar-refractivity contribution in [3.05, 3.63) is 90.0 Å². The van der Waals surface area contributed by atoms with E-state index in [-0.39, 0.29) is 5.91 Å². The summed E-state index contributed by atoms with van der Waals surface area (Å²) in [6.07, 6.45) is 0. The predicted molar refractivity (Wildman–Crippen MR) is 115 cm³/mol. The van der Waals surface area contributed by atoms with Gasteiger partial charge in [-0.3, -0.25) is 15.6 Å². The van der Waals surface area contributed by atoms with Crippen molar-refractivity contribution in [2.24, 2.45) is 0 Å². The third-order valence-electron chi connectivity index (χ3n) is 4.10. The van der Waals surface area contributed by atoms with Gasteiger partial charge in [-0.05, 0) is 41.5 Å². The lowest BCUT2D eigenvalue weighted by atomic mass is 10.0. The molecule has 5 nitrogen and oxygen atoms in total. The van der Waals surface area contributed by atoms with Crippen LogP contribution in [0, 0.1) is 0 Å². The molecule has 1 amide bonds. The number of hydrogen-bond acceptors (Lipinski definition) is 3. The lowest BCUT2D eigenvalue weighted by Gasteiger charge is -2.12. The standard InChI is InChI=1S/C22H21N3O2S/c1-23-22(28)25-24-21(26)18-13-11-16(12-14-18)15-27-20-10-6-5-9-19(20)17-7-3-2-4-8-17/h2-14H,15H2,1H3,(H,24,26)(H2,23,25,28). The maximum atomic E-state index is 12.1. The van der Waals surface area contributed by atoms with Crippen LogP contribution in [0.1, 0.15) is 15.9 Å². The van der Waals surface area contributed by atoms with Gasteiger partial charge in [-0.25, -0.2) is 0 Å². The van der Waals surface area contributed by atoms with Gasteiger partial charge >= 0.3 is 0 Å². The molecule has 28 heavy (non-hydrogen) atoms. The average Bonchev–Trinajstić information content (AvgIpc) is 2.77. The number of carbonyl (C=O) groups is 1. The summed E-state index contributed by atoms with van der Waals surface area (Å²) < 4.78 is 6.03. The molecule has 3 rings (SSSR count). The van der Waals surface area contributed by atoms with Crippen LogP contribution in [0.25, 0.3) is 11.1 Å². The van der Waals surface area contributed by atoms with Gasteiger partial charge in [-0.1, -0.05) is 60.7 Å². The number of benzene rings is 3. The van der Waals surface area contributed by atoms with Crippen LogP contribution >= 0.6 is 12.2 Å². The van der Waals surface area contributed by atoms with Crippen LogP contribution in [0.15, 0.2) is 78.9 Å². The Morgan fingerprint density at radius 1 is 0.893 bits per heavy atom. The topological polar surface area (TPSA) is 62.4 Å². The SMILES string of the molecule is CNC(=S)NNC(=O)c1ccc(COc2ccccc2-c2ccccc2)cc1. The minimum absolute atomic E-state index is 0.264. The molecule has 6 heteroatoms. The summed E-state index contributed by atoms with van der Waals surface area (Å²) in [6.45, 7) is 0.411. The molecule has 3 aromatic rings. The van der Waals surface area contributed by atoms with Crippen LogP contribution < -0.4 is 20.9 Å². The third kappa shape index (κ3) is 5.08. The summed E-state index contributed by atoms with van der Waals surface area (Å²) in [5.74, 6) is 0.555. The molecule has 0 bridgehead atoms. The summed E-state index contributed by atoms with van der Waals surface area (Å²) in [7, 11) is 1.67. The molecule has 0 aliphatic rings. The van der Waals surface area contributed by atoms with E-state index in [4.69, 9.17) is 17.0 Å². The summed E-state index contributed by atoms with van der Waals surface area (Å²) in [5, 5.41) is 3.06. The van der Waals surface area contributed by atoms with Gasteiger partial charge in [0, 0.05) is 18.2 Å². The van der Waals surface area contributed by atoms with Gasteiger partial charge < -0.3 is 10.1 Å². The summed E-state index contributed by atoms with van der Waals surface area (Å²) in [6, 6.07) is 25.3. The quantitative estimate of drug-likeness (QED) is 0.458. The number of hydrogen-bond donors (Lipinski definition) is 3. The highest BCUT2D eigenvalue weighted by Gasteiger charge is 2.08. The Hall–Kier alpha value is -3.38. The van der Waals surface area contributed by atoms with E-state index in [2.05, 4.69) is 28.3 Å². The van der Waals surface area contributed by atoms with Gasteiger partial charge in [0.05, 0.1) is 0 Å². The van der Waals surface area contributed by atoms with E-state index in [0.29, 0.717) is 17.3 Å². The summed E-state index contributed by atoms with van der Waals surface area (Å²) >= 11 is 4.92. The fourth-order valence-corrected chi connectivity index (χ4v) is 2.66. The highest BCUT2D eigenvalue weighted by atomic mass is 32.1. The zero-order valence-corrected chi connectivity index (χ0v) is 16.3. The summed E-state index contributed by atoms with van der Waals surface area (Å²) in [5.41, 5.74) is 8.79. The van der Waals surface area contributed by atoms with Crippen LogP contribution in [0.2, 0.25) is 0 Å². The second kappa shape index (κ2) is 9.53. The third-order valence-corrected chi connectivity index (χ3v) is 4.41. The Kier molecular flexibility index (Phi) is 6.59. The van der Waals surface area contributed by atoms with Gasteiger partial charge in [-0.15, -0.1) is 0 Å². The maximum Gasteiger partial charge on any atom is 0.269 e. The first-order valence-corrected chi connectivity index (χ1v) is 9.22. The molecular weight excluding hydrogens is 370 g/mol. The molecule has 3 N–H and O–H groups in total. The highest BCUT2D eigenvalue weighted by Crippen LogP contribution is 2.30. The van der Waals surface area contributed by atoms with E-state index in [1.54, 1.807) is 19.2 Å². The molecule has 0 aliphatic carbocycles. The number of ether oxygens (including phenoxy) is 1. The molecule has 0 aromatic heterocycles. The summed E-state index contributed by atoms with van der Waals surface area (Å²) in [4.78, 5) is 12.1. The fraction of sp³-hybridized carbons (Fsp3) is 0.0909. The minimum Gasteiger partial charge on any atom is -0.488 e. The van der Waals surface area contributed by atoms with E-state index in [1.165, 1.54) is 0 Å². The fourth-order valence-electron chi connectivity index (χ4n) is 2.61. The van der Waals surface area contributed by atoms with Crippen LogP contribution in [-0.2, 0) is 6.61 Å². The number of rotatable bonds is 5. The highest BCUT2D eigenvalue weighted by molar-refractivity contribution is 7.80. The van der Waals surface area contributed by atoms with Crippen LogP contribution in [0.4, 0.5) is 0 Å². The lowest BCUT2D eigenvalue weighted by molar-refractivity contribution is 0.0943. The van der Waals surface area contributed by atoms with Gasteiger partial charge in [0.25, 0.3) is 5.91 Å².